The highest BCUT2D eigenvalue weighted by molar-refractivity contribution is 8.18. The van der Waals surface area contributed by atoms with E-state index >= 15 is 0 Å². The first kappa shape index (κ1) is 15.5. The fourth-order valence-electron chi connectivity index (χ4n) is 1.79. The van der Waals surface area contributed by atoms with E-state index in [1.165, 1.54) is 31.4 Å². The van der Waals surface area contributed by atoms with E-state index in [1.54, 1.807) is 0 Å². The van der Waals surface area contributed by atoms with Gasteiger partial charge in [-0.25, -0.2) is 0 Å². The Balaban J connectivity index is 2.41. The van der Waals surface area contributed by atoms with Crippen molar-refractivity contribution in [1.29, 1.82) is 0 Å². The van der Waals surface area contributed by atoms with Crippen molar-refractivity contribution in [3.05, 3.63) is 40.3 Å². The zero-order chi connectivity index (χ0) is 15.6. The molecule has 7 heteroatoms. The van der Waals surface area contributed by atoms with Crippen LogP contribution in [0.3, 0.4) is 0 Å². The molecular formula is C14H12ClNO4S. The molecule has 1 aromatic carbocycles. The average molecular weight is 326 g/mol. The second-order valence-corrected chi connectivity index (χ2v) is 5.56. The van der Waals surface area contributed by atoms with Crippen LogP contribution in [0.4, 0.5) is 4.79 Å². The van der Waals surface area contributed by atoms with Gasteiger partial charge in [-0.15, -0.1) is 6.58 Å². The molecule has 5 nitrogen and oxygen atoms in total. The minimum Gasteiger partial charge on any atom is -0.504 e. The van der Waals surface area contributed by atoms with Crippen LogP contribution >= 0.6 is 23.4 Å². The first-order valence-electron chi connectivity index (χ1n) is 5.90. The van der Waals surface area contributed by atoms with Gasteiger partial charge in [-0.3, -0.25) is 14.5 Å². The van der Waals surface area contributed by atoms with Crippen molar-refractivity contribution < 1.29 is 19.4 Å². The molecule has 0 radical (unpaired) electrons. The fourth-order valence-corrected chi connectivity index (χ4v) is 2.84. The number of halogens is 1. The highest BCUT2D eigenvalue weighted by atomic mass is 35.5. The molecule has 0 unspecified atom stereocenters. The zero-order valence-electron chi connectivity index (χ0n) is 11.1. The molecule has 0 saturated carbocycles. The molecule has 0 aliphatic carbocycles. The Kier molecular flexibility index (Phi) is 4.59. The minimum absolute atomic E-state index is 0.141. The summed E-state index contributed by atoms with van der Waals surface area (Å²) in [6, 6.07) is 2.94. The molecule has 0 atom stereocenters. The van der Waals surface area contributed by atoms with E-state index in [1.807, 2.05) is 0 Å². The predicted molar refractivity (Wildman–Crippen MR) is 82.5 cm³/mol. The first-order chi connectivity index (χ1) is 9.97. The molecule has 21 heavy (non-hydrogen) atoms. The van der Waals surface area contributed by atoms with Crippen LogP contribution < -0.4 is 4.74 Å². The number of carbonyl (C=O) groups is 2. The van der Waals surface area contributed by atoms with Gasteiger partial charge in [0.2, 0.25) is 0 Å². The molecule has 0 spiro atoms. The van der Waals surface area contributed by atoms with Crippen LogP contribution in [0.25, 0.3) is 6.08 Å². The molecule has 1 aliphatic heterocycles. The maximum absolute atomic E-state index is 12.1. The number of phenolic OH excluding ortho intramolecular Hbond substituents is 1. The Hall–Kier alpha value is -1.92. The van der Waals surface area contributed by atoms with E-state index in [2.05, 4.69) is 6.58 Å². The second kappa shape index (κ2) is 6.24. The van der Waals surface area contributed by atoms with Crippen LogP contribution in [0.5, 0.6) is 11.5 Å². The number of benzene rings is 1. The van der Waals surface area contributed by atoms with Gasteiger partial charge in [0.05, 0.1) is 12.0 Å². The number of amides is 2. The van der Waals surface area contributed by atoms with Crippen LogP contribution in [0.15, 0.2) is 29.7 Å². The number of ether oxygens (including phenoxy) is 1. The number of rotatable bonds is 4. The molecule has 110 valence electrons. The van der Waals surface area contributed by atoms with E-state index in [0.717, 1.165) is 16.7 Å². The second-order valence-electron chi connectivity index (χ2n) is 4.13. The average Bonchev–Trinajstić information content (AvgIpc) is 2.70. The maximum Gasteiger partial charge on any atom is 0.293 e. The summed E-state index contributed by atoms with van der Waals surface area (Å²) in [4.78, 5) is 25.1. The van der Waals surface area contributed by atoms with E-state index in [4.69, 9.17) is 16.3 Å². The molecule has 1 aliphatic rings. The summed E-state index contributed by atoms with van der Waals surface area (Å²) in [5.74, 6) is -0.375. The molecule has 2 rings (SSSR count). The predicted octanol–water partition coefficient (Wildman–Crippen LogP) is 3.28. The Labute approximate surface area is 130 Å². The summed E-state index contributed by atoms with van der Waals surface area (Å²) in [7, 11) is 1.40. The highest BCUT2D eigenvalue weighted by Crippen LogP contribution is 2.38. The third-order valence-corrected chi connectivity index (χ3v) is 3.89. The molecule has 1 aromatic rings. The van der Waals surface area contributed by atoms with Crippen LogP contribution in [0.1, 0.15) is 5.56 Å². The summed E-state index contributed by atoms with van der Waals surface area (Å²) in [6.45, 7) is 3.65. The van der Waals surface area contributed by atoms with E-state index in [0.29, 0.717) is 10.6 Å². The number of phenols is 1. The summed E-state index contributed by atoms with van der Waals surface area (Å²) in [5.41, 5.74) is 0.309. The third-order valence-electron chi connectivity index (χ3n) is 2.76. The van der Waals surface area contributed by atoms with Crippen molar-refractivity contribution in [1.82, 2.24) is 4.90 Å². The van der Waals surface area contributed by atoms with Crippen molar-refractivity contribution in [2.75, 3.05) is 13.7 Å². The number of imide groups is 1. The van der Waals surface area contributed by atoms with Gasteiger partial charge in [0.15, 0.2) is 11.5 Å². The Bertz CT molecular complexity index is 657. The lowest BCUT2D eigenvalue weighted by Crippen LogP contribution is -2.27. The van der Waals surface area contributed by atoms with Gasteiger partial charge in [-0.05, 0) is 23.9 Å². The van der Waals surface area contributed by atoms with Crippen LogP contribution in [-0.2, 0) is 4.79 Å². The van der Waals surface area contributed by atoms with Gasteiger partial charge in [0.25, 0.3) is 11.1 Å². The monoisotopic (exact) mass is 325 g/mol. The number of thioether (sulfide) groups is 1. The molecular weight excluding hydrogens is 314 g/mol. The Morgan fingerprint density at radius 1 is 1.48 bits per heavy atom. The highest BCUT2D eigenvalue weighted by Gasteiger charge is 2.34. The van der Waals surface area contributed by atoms with Crippen molar-refractivity contribution in [2.45, 2.75) is 0 Å². The molecule has 1 N–H and O–H groups in total. The quantitative estimate of drug-likeness (QED) is 0.679. The van der Waals surface area contributed by atoms with Crippen LogP contribution in [0, 0.1) is 0 Å². The summed E-state index contributed by atoms with van der Waals surface area (Å²) in [5, 5.41) is 10.0. The standard InChI is InChI=1S/C14H12ClNO4S/c1-3-4-16-13(18)11(21-14(16)19)6-8-5-9(15)7-10(20-2)12(8)17/h3,5-7,17H,1,4H2,2H3/b11-6+. The lowest BCUT2D eigenvalue weighted by Gasteiger charge is -2.09. The van der Waals surface area contributed by atoms with Crippen molar-refractivity contribution in [2.24, 2.45) is 0 Å². The largest absolute Gasteiger partial charge is 0.504 e. The SMILES string of the molecule is C=CCN1C(=O)S/C(=C/c2cc(Cl)cc(OC)c2O)C1=O. The van der Waals surface area contributed by atoms with Crippen molar-refractivity contribution in [3.63, 3.8) is 0 Å². The van der Waals surface area contributed by atoms with Gasteiger partial charge in [0, 0.05) is 23.2 Å². The van der Waals surface area contributed by atoms with Crippen LogP contribution in [-0.4, -0.2) is 34.8 Å². The fraction of sp³-hybridized carbons (Fsp3) is 0.143. The van der Waals surface area contributed by atoms with Crippen LogP contribution in [0.2, 0.25) is 5.02 Å². The van der Waals surface area contributed by atoms with Gasteiger partial charge >= 0.3 is 0 Å². The van der Waals surface area contributed by atoms with Crippen molar-refractivity contribution >= 4 is 40.6 Å². The number of hydrogen-bond acceptors (Lipinski definition) is 5. The maximum atomic E-state index is 12.1. The normalized spacial score (nSPS) is 16.7. The lowest BCUT2D eigenvalue weighted by molar-refractivity contribution is -0.122. The Morgan fingerprint density at radius 2 is 2.19 bits per heavy atom. The molecule has 0 aromatic heterocycles. The molecule has 1 fully saturated rings. The Morgan fingerprint density at radius 3 is 2.81 bits per heavy atom. The first-order valence-corrected chi connectivity index (χ1v) is 7.10. The number of carbonyl (C=O) groups excluding carboxylic acids is 2. The molecule has 2 amide bonds. The number of methoxy groups -OCH3 is 1. The molecule has 0 bridgehead atoms. The minimum atomic E-state index is -0.428. The smallest absolute Gasteiger partial charge is 0.293 e. The summed E-state index contributed by atoms with van der Waals surface area (Å²) in [6.07, 6.45) is 2.89. The third kappa shape index (κ3) is 3.06. The summed E-state index contributed by atoms with van der Waals surface area (Å²) < 4.78 is 4.99. The number of hydrogen-bond donors (Lipinski definition) is 1. The zero-order valence-corrected chi connectivity index (χ0v) is 12.7. The van der Waals surface area contributed by atoms with E-state index < -0.39 is 5.91 Å². The number of aromatic hydroxyl groups is 1. The van der Waals surface area contributed by atoms with Gasteiger partial charge < -0.3 is 9.84 Å². The lowest BCUT2D eigenvalue weighted by atomic mass is 10.1. The molecule has 1 heterocycles. The van der Waals surface area contributed by atoms with Gasteiger partial charge in [0.1, 0.15) is 0 Å². The topological polar surface area (TPSA) is 66.8 Å². The van der Waals surface area contributed by atoms with Gasteiger partial charge in [-0.2, -0.15) is 0 Å². The van der Waals surface area contributed by atoms with Crippen molar-refractivity contribution in [3.8, 4) is 11.5 Å². The summed E-state index contributed by atoms with van der Waals surface area (Å²) >= 11 is 6.73. The van der Waals surface area contributed by atoms with E-state index in [-0.39, 0.29) is 28.2 Å². The van der Waals surface area contributed by atoms with E-state index in [9.17, 15) is 14.7 Å². The number of nitrogens with zero attached hydrogens (tertiary/aromatic N) is 1. The van der Waals surface area contributed by atoms with Gasteiger partial charge in [-0.1, -0.05) is 17.7 Å². The molecule has 1 saturated heterocycles.